The number of nitrogens with two attached hydrogens (primary N) is 1. The van der Waals surface area contributed by atoms with Gasteiger partial charge < -0.3 is 10.2 Å². The van der Waals surface area contributed by atoms with Gasteiger partial charge in [0, 0.05) is 5.56 Å². The molecule has 0 saturated carbocycles. The van der Waals surface area contributed by atoms with Gasteiger partial charge in [-0.3, -0.25) is 10.2 Å². The van der Waals surface area contributed by atoms with Crippen LogP contribution in [-0.4, -0.2) is 5.91 Å². The van der Waals surface area contributed by atoms with Gasteiger partial charge in [0.05, 0.1) is 0 Å². The second-order valence-electron chi connectivity index (χ2n) is 3.27. The van der Waals surface area contributed by atoms with Gasteiger partial charge in [0.25, 0.3) is 5.91 Å². The Balaban J connectivity index is 2.51. The lowest BCUT2D eigenvalue weighted by molar-refractivity contribution is 0.0996. The van der Waals surface area contributed by atoms with E-state index in [9.17, 15) is 4.79 Å². The first-order valence-electron chi connectivity index (χ1n) is 4.72. The molecule has 3 N–H and O–H groups in total. The first kappa shape index (κ1) is 10.2. The van der Waals surface area contributed by atoms with Crippen molar-refractivity contribution in [3.8, 4) is 11.3 Å². The van der Waals surface area contributed by atoms with E-state index in [1.54, 1.807) is 6.07 Å². The maximum absolute atomic E-state index is 10.9. The lowest BCUT2D eigenvalue weighted by Crippen LogP contribution is -2.20. The molecule has 0 unspecified atom stereocenters. The topological polar surface area (TPSA) is 80.1 Å². The van der Waals surface area contributed by atoms with E-state index < -0.39 is 5.91 Å². The molecule has 0 radical (unpaired) electrons. The van der Waals surface area contributed by atoms with Crippen LogP contribution in [0.15, 0.2) is 46.9 Å². The monoisotopic (exact) mass is 214 g/mol. The predicted molar refractivity (Wildman–Crippen MR) is 58.5 cm³/mol. The summed E-state index contributed by atoms with van der Waals surface area (Å²) in [5.74, 6) is -0.121. The SMILES string of the molecule is N=c1oc(-c2ccccc2)ccc1C(N)=O. The Morgan fingerprint density at radius 3 is 2.38 bits per heavy atom. The zero-order chi connectivity index (χ0) is 11.5. The molecular weight excluding hydrogens is 204 g/mol. The number of hydrogen-bond acceptors (Lipinski definition) is 3. The summed E-state index contributed by atoms with van der Waals surface area (Å²) in [6.45, 7) is 0. The van der Waals surface area contributed by atoms with Crippen molar-refractivity contribution in [2.45, 2.75) is 0 Å². The summed E-state index contributed by atoms with van der Waals surface area (Å²) >= 11 is 0. The van der Waals surface area contributed by atoms with E-state index >= 15 is 0 Å². The summed E-state index contributed by atoms with van der Waals surface area (Å²) in [6.07, 6.45) is 0. The smallest absolute Gasteiger partial charge is 0.254 e. The number of benzene rings is 1. The van der Waals surface area contributed by atoms with E-state index in [-0.39, 0.29) is 11.1 Å². The fourth-order valence-corrected chi connectivity index (χ4v) is 1.39. The van der Waals surface area contributed by atoms with Gasteiger partial charge in [-0.2, -0.15) is 0 Å². The van der Waals surface area contributed by atoms with Crippen molar-refractivity contribution >= 4 is 5.91 Å². The first-order valence-corrected chi connectivity index (χ1v) is 4.72. The minimum atomic E-state index is -0.659. The van der Waals surface area contributed by atoms with E-state index in [0.717, 1.165) is 5.56 Å². The molecule has 1 aromatic carbocycles. The molecule has 1 amide bonds. The number of carbonyl (C=O) groups excluding carboxylic acids is 1. The predicted octanol–water partition coefficient (Wildman–Crippen LogP) is 1.52. The number of primary amides is 1. The van der Waals surface area contributed by atoms with Crippen molar-refractivity contribution in [3.63, 3.8) is 0 Å². The molecule has 0 bridgehead atoms. The average molecular weight is 214 g/mol. The molecule has 2 aromatic rings. The third-order valence-corrected chi connectivity index (χ3v) is 2.18. The van der Waals surface area contributed by atoms with Crippen LogP contribution in [0.2, 0.25) is 0 Å². The Morgan fingerprint density at radius 1 is 1.12 bits per heavy atom. The quantitative estimate of drug-likeness (QED) is 0.794. The summed E-state index contributed by atoms with van der Waals surface area (Å²) < 4.78 is 5.22. The number of hydrogen-bond donors (Lipinski definition) is 2. The summed E-state index contributed by atoms with van der Waals surface area (Å²) in [5, 5.41) is 7.52. The highest BCUT2D eigenvalue weighted by Crippen LogP contribution is 2.16. The van der Waals surface area contributed by atoms with Crippen LogP contribution in [-0.2, 0) is 0 Å². The average Bonchev–Trinajstić information content (AvgIpc) is 2.29. The Hall–Kier alpha value is -2.36. The molecule has 2 rings (SSSR count). The lowest BCUT2D eigenvalue weighted by Gasteiger charge is -2.01. The Labute approximate surface area is 91.8 Å². The standard InChI is InChI=1S/C12H10N2O2/c13-11(15)9-6-7-10(16-12(9)14)8-4-2-1-3-5-8/h1-7,14H,(H2,13,15). The number of nitrogens with one attached hydrogen (secondary N) is 1. The minimum Gasteiger partial charge on any atom is -0.438 e. The van der Waals surface area contributed by atoms with E-state index in [1.165, 1.54) is 6.07 Å². The molecular formula is C12H10N2O2. The van der Waals surface area contributed by atoms with E-state index in [4.69, 9.17) is 15.6 Å². The largest absolute Gasteiger partial charge is 0.438 e. The highest BCUT2D eigenvalue weighted by molar-refractivity contribution is 5.92. The molecule has 0 aliphatic rings. The molecule has 0 aliphatic heterocycles. The summed E-state index contributed by atoms with van der Waals surface area (Å²) in [7, 11) is 0. The molecule has 0 atom stereocenters. The molecule has 4 nitrogen and oxygen atoms in total. The zero-order valence-electron chi connectivity index (χ0n) is 8.44. The number of rotatable bonds is 2. The Bertz CT molecular complexity index is 573. The van der Waals surface area contributed by atoms with Crippen LogP contribution in [0.3, 0.4) is 0 Å². The third kappa shape index (κ3) is 1.86. The number of amides is 1. The van der Waals surface area contributed by atoms with E-state index in [2.05, 4.69) is 0 Å². The van der Waals surface area contributed by atoms with Gasteiger partial charge in [-0.05, 0) is 12.1 Å². The molecule has 0 spiro atoms. The van der Waals surface area contributed by atoms with Crippen molar-refractivity contribution < 1.29 is 9.21 Å². The fourth-order valence-electron chi connectivity index (χ4n) is 1.39. The van der Waals surface area contributed by atoms with Gasteiger partial charge in [-0.1, -0.05) is 30.3 Å². The van der Waals surface area contributed by atoms with Crippen molar-refractivity contribution in [3.05, 3.63) is 53.6 Å². The van der Waals surface area contributed by atoms with Crippen LogP contribution >= 0.6 is 0 Å². The Kier molecular flexibility index (Phi) is 2.55. The van der Waals surface area contributed by atoms with Crippen LogP contribution in [0.4, 0.5) is 0 Å². The highest BCUT2D eigenvalue weighted by atomic mass is 16.3. The molecule has 1 aromatic heterocycles. The van der Waals surface area contributed by atoms with Gasteiger partial charge in [-0.25, -0.2) is 0 Å². The van der Waals surface area contributed by atoms with Crippen molar-refractivity contribution in [2.75, 3.05) is 0 Å². The fraction of sp³-hybridized carbons (Fsp3) is 0. The minimum absolute atomic E-state index is 0.0830. The molecule has 80 valence electrons. The second-order valence-corrected chi connectivity index (χ2v) is 3.27. The molecule has 0 aliphatic carbocycles. The second kappa shape index (κ2) is 4.02. The molecule has 0 saturated heterocycles. The van der Waals surface area contributed by atoms with Crippen molar-refractivity contribution in [2.24, 2.45) is 5.73 Å². The molecule has 1 heterocycles. The highest BCUT2D eigenvalue weighted by Gasteiger charge is 2.06. The molecule has 4 heteroatoms. The van der Waals surface area contributed by atoms with Crippen LogP contribution in [0, 0.1) is 5.41 Å². The van der Waals surface area contributed by atoms with Crippen molar-refractivity contribution in [1.29, 1.82) is 5.41 Å². The van der Waals surface area contributed by atoms with E-state index in [0.29, 0.717) is 5.76 Å². The van der Waals surface area contributed by atoms with Crippen LogP contribution in [0.25, 0.3) is 11.3 Å². The molecule has 16 heavy (non-hydrogen) atoms. The summed E-state index contributed by atoms with van der Waals surface area (Å²) in [5.41, 5.74) is 5.81. The van der Waals surface area contributed by atoms with Crippen LogP contribution < -0.4 is 11.3 Å². The first-order chi connectivity index (χ1) is 7.68. The normalized spacial score (nSPS) is 10.0. The van der Waals surface area contributed by atoms with E-state index in [1.807, 2.05) is 30.3 Å². The van der Waals surface area contributed by atoms with Crippen LogP contribution in [0.5, 0.6) is 0 Å². The van der Waals surface area contributed by atoms with Crippen LogP contribution in [0.1, 0.15) is 10.4 Å². The van der Waals surface area contributed by atoms with Crippen molar-refractivity contribution in [1.82, 2.24) is 0 Å². The zero-order valence-corrected chi connectivity index (χ0v) is 8.44. The van der Waals surface area contributed by atoms with Gasteiger partial charge in [0.2, 0.25) is 5.55 Å². The lowest BCUT2D eigenvalue weighted by atomic mass is 10.1. The maximum atomic E-state index is 10.9. The van der Waals surface area contributed by atoms with Gasteiger partial charge in [0.15, 0.2) is 0 Å². The summed E-state index contributed by atoms with van der Waals surface area (Å²) in [4.78, 5) is 10.9. The van der Waals surface area contributed by atoms with Gasteiger partial charge in [-0.15, -0.1) is 0 Å². The maximum Gasteiger partial charge on any atom is 0.254 e. The van der Waals surface area contributed by atoms with Gasteiger partial charge >= 0.3 is 0 Å². The third-order valence-electron chi connectivity index (χ3n) is 2.18. The number of carbonyl (C=O) groups is 1. The Morgan fingerprint density at radius 2 is 1.81 bits per heavy atom. The molecule has 0 fully saturated rings. The van der Waals surface area contributed by atoms with Gasteiger partial charge in [0.1, 0.15) is 11.3 Å². The summed E-state index contributed by atoms with van der Waals surface area (Å²) in [6, 6.07) is 12.5.